The van der Waals surface area contributed by atoms with E-state index in [1.54, 1.807) is 0 Å². The lowest BCUT2D eigenvalue weighted by Gasteiger charge is -2.25. The second-order valence-corrected chi connectivity index (χ2v) is 5.76. The Morgan fingerprint density at radius 2 is 2.10 bits per heavy atom. The van der Waals surface area contributed by atoms with Crippen LogP contribution in [0.4, 0.5) is 20.2 Å². The number of hydrogen-bond acceptors (Lipinski definition) is 3. The van der Waals surface area contributed by atoms with Crippen molar-refractivity contribution in [2.45, 2.75) is 38.2 Å². The van der Waals surface area contributed by atoms with E-state index in [9.17, 15) is 18.9 Å². The van der Waals surface area contributed by atoms with Gasteiger partial charge >= 0.3 is 0 Å². The van der Waals surface area contributed by atoms with Crippen LogP contribution in [0.25, 0.3) is 0 Å². The number of nitro groups is 1. The van der Waals surface area contributed by atoms with Gasteiger partial charge in [-0.3, -0.25) is 10.1 Å². The van der Waals surface area contributed by atoms with E-state index in [4.69, 9.17) is 0 Å². The minimum atomic E-state index is -2.71. The Kier molecular flexibility index (Phi) is 3.31. The second kappa shape index (κ2) is 5.00. The third-order valence-corrected chi connectivity index (χ3v) is 4.56. The van der Waals surface area contributed by atoms with Gasteiger partial charge in [-0.1, -0.05) is 6.42 Å². The van der Waals surface area contributed by atoms with E-state index in [1.165, 1.54) is 25.0 Å². The van der Waals surface area contributed by atoms with Crippen molar-refractivity contribution in [2.75, 3.05) is 5.32 Å². The number of alkyl halides is 2. The smallest absolute Gasteiger partial charge is 0.270 e. The van der Waals surface area contributed by atoms with Crippen LogP contribution < -0.4 is 5.32 Å². The predicted octanol–water partition coefficient (Wildman–Crippen LogP) is 4.13. The highest BCUT2D eigenvalue weighted by molar-refractivity contribution is 5.57. The summed E-state index contributed by atoms with van der Waals surface area (Å²) in [7, 11) is 0. The lowest BCUT2D eigenvalue weighted by molar-refractivity contribution is -0.385. The molecule has 0 radical (unpaired) electrons. The molecule has 6 heteroatoms. The van der Waals surface area contributed by atoms with Crippen molar-refractivity contribution in [3.63, 3.8) is 0 Å². The van der Waals surface area contributed by atoms with Gasteiger partial charge in [-0.2, -0.15) is 0 Å². The number of nitrogens with one attached hydrogen (secondary N) is 1. The van der Waals surface area contributed by atoms with Crippen molar-refractivity contribution in [3.05, 3.63) is 33.9 Å². The molecule has 20 heavy (non-hydrogen) atoms. The Morgan fingerprint density at radius 1 is 1.30 bits per heavy atom. The number of benzene rings is 1. The van der Waals surface area contributed by atoms with Crippen LogP contribution in [0, 0.1) is 22.0 Å². The van der Waals surface area contributed by atoms with Crippen LogP contribution in [0.3, 0.4) is 0 Å². The van der Waals surface area contributed by atoms with Crippen LogP contribution in [0.2, 0.25) is 0 Å². The summed E-state index contributed by atoms with van der Waals surface area (Å²) in [6.45, 7) is 0. The van der Waals surface area contributed by atoms with Gasteiger partial charge in [0.1, 0.15) is 0 Å². The number of anilines is 1. The summed E-state index contributed by atoms with van der Waals surface area (Å²) < 4.78 is 26.1. The molecule has 2 bridgehead atoms. The fourth-order valence-electron chi connectivity index (χ4n) is 3.60. The molecule has 0 amide bonds. The summed E-state index contributed by atoms with van der Waals surface area (Å²) in [5.41, 5.74) is -0.232. The topological polar surface area (TPSA) is 55.2 Å². The maximum atomic E-state index is 13.1. The first kappa shape index (κ1) is 13.3. The highest BCUT2D eigenvalue weighted by Crippen LogP contribution is 2.46. The molecular weight excluding hydrogens is 266 g/mol. The maximum absolute atomic E-state index is 13.1. The quantitative estimate of drug-likeness (QED) is 0.667. The summed E-state index contributed by atoms with van der Waals surface area (Å²) in [5.74, 6) is 1.27. The number of hydrogen-bond donors (Lipinski definition) is 1. The molecule has 3 unspecified atom stereocenters. The van der Waals surface area contributed by atoms with E-state index in [0.29, 0.717) is 17.5 Å². The highest BCUT2D eigenvalue weighted by atomic mass is 19.3. The zero-order valence-electron chi connectivity index (χ0n) is 10.9. The molecule has 0 aliphatic heterocycles. The van der Waals surface area contributed by atoms with Gasteiger partial charge in [0.25, 0.3) is 12.1 Å². The van der Waals surface area contributed by atoms with Crippen molar-refractivity contribution >= 4 is 11.4 Å². The summed E-state index contributed by atoms with van der Waals surface area (Å²) in [6, 6.07) is 3.89. The molecule has 4 nitrogen and oxygen atoms in total. The summed E-state index contributed by atoms with van der Waals surface area (Å²) in [6.07, 6.45) is 1.87. The first-order valence-corrected chi connectivity index (χ1v) is 6.87. The molecule has 2 aliphatic rings. The van der Waals surface area contributed by atoms with E-state index in [0.717, 1.165) is 18.9 Å². The molecule has 3 atom stereocenters. The van der Waals surface area contributed by atoms with Gasteiger partial charge in [-0.05, 0) is 37.2 Å². The molecule has 0 spiro atoms. The van der Waals surface area contributed by atoms with Crippen molar-refractivity contribution < 1.29 is 13.7 Å². The standard InChI is InChI=1S/C14H16F2N2O2/c15-14(16)11-7-10(18(19)20)3-4-12(11)17-13-6-8-1-2-9(13)5-8/h3-4,7-9,13-14,17H,1-2,5-6H2. The molecule has 2 saturated carbocycles. The third kappa shape index (κ3) is 2.34. The van der Waals surface area contributed by atoms with Crippen LogP contribution in [0.5, 0.6) is 0 Å². The largest absolute Gasteiger partial charge is 0.382 e. The lowest BCUT2D eigenvalue weighted by Crippen LogP contribution is -2.26. The fourth-order valence-corrected chi connectivity index (χ4v) is 3.60. The molecule has 2 aliphatic carbocycles. The van der Waals surface area contributed by atoms with E-state index in [2.05, 4.69) is 5.32 Å². The van der Waals surface area contributed by atoms with Gasteiger partial charge in [0.05, 0.1) is 4.92 Å². The zero-order valence-corrected chi connectivity index (χ0v) is 10.9. The van der Waals surface area contributed by atoms with Gasteiger partial charge in [-0.15, -0.1) is 0 Å². The van der Waals surface area contributed by atoms with E-state index < -0.39 is 11.3 Å². The first-order chi connectivity index (χ1) is 9.54. The number of nitrogens with zero attached hydrogens (tertiary/aromatic N) is 1. The van der Waals surface area contributed by atoms with Crippen molar-refractivity contribution in [1.82, 2.24) is 0 Å². The van der Waals surface area contributed by atoms with Crippen LogP contribution in [-0.4, -0.2) is 11.0 Å². The Bertz CT molecular complexity index is 536. The lowest BCUT2D eigenvalue weighted by atomic mass is 9.95. The second-order valence-electron chi connectivity index (χ2n) is 5.76. The van der Waals surface area contributed by atoms with Crippen molar-refractivity contribution in [1.29, 1.82) is 0 Å². The summed E-state index contributed by atoms with van der Waals surface area (Å²) in [5, 5.41) is 13.9. The SMILES string of the molecule is O=[N+]([O-])c1ccc(NC2CC3CCC2C3)c(C(F)F)c1. The minimum Gasteiger partial charge on any atom is -0.382 e. The molecule has 0 aromatic heterocycles. The van der Waals surface area contributed by atoms with Gasteiger partial charge in [-0.25, -0.2) is 8.78 Å². The molecule has 3 rings (SSSR count). The third-order valence-electron chi connectivity index (χ3n) is 4.56. The van der Waals surface area contributed by atoms with Crippen LogP contribution in [0.1, 0.15) is 37.7 Å². The molecule has 1 aromatic carbocycles. The maximum Gasteiger partial charge on any atom is 0.270 e. The fraction of sp³-hybridized carbons (Fsp3) is 0.571. The molecule has 2 fully saturated rings. The van der Waals surface area contributed by atoms with Crippen molar-refractivity contribution in [3.8, 4) is 0 Å². The molecule has 1 N–H and O–H groups in total. The average Bonchev–Trinajstić information content (AvgIpc) is 3.01. The van der Waals surface area contributed by atoms with Crippen LogP contribution in [0.15, 0.2) is 18.2 Å². The summed E-state index contributed by atoms with van der Waals surface area (Å²) >= 11 is 0. The Morgan fingerprint density at radius 3 is 2.65 bits per heavy atom. The monoisotopic (exact) mass is 282 g/mol. The van der Waals surface area contributed by atoms with E-state index in [-0.39, 0.29) is 17.3 Å². The first-order valence-electron chi connectivity index (χ1n) is 6.87. The number of nitro benzene ring substituents is 1. The average molecular weight is 282 g/mol. The molecular formula is C14H16F2N2O2. The Hall–Kier alpha value is -1.72. The highest BCUT2D eigenvalue weighted by Gasteiger charge is 2.39. The van der Waals surface area contributed by atoms with Gasteiger partial charge in [0.2, 0.25) is 0 Å². The van der Waals surface area contributed by atoms with Crippen molar-refractivity contribution in [2.24, 2.45) is 11.8 Å². The normalized spacial score (nSPS) is 28.1. The van der Waals surface area contributed by atoms with Gasteiger partial charge in [0, 0.05) is 29.4 Å². The summed E-state index contributed by atoms with van der Waals surface area (Å²) in [4.78, 5) is 10.0. The molecule has 0 saturated heterocycles. The number of fused-ring (bicyclic) bond motifs is 2. The number of rotatable bonds is 4. The van der Waals surface area contributed by atoms with Gasteiger partial charge in [0.15, 0.2) is 0 Å². The van der Waals surface area contributed by atoms with Crippen LogP contribution >= 0.6 is 0 Å². The Balaban J connectivity index is 1.83. The minimum absolute atomic E-state index is 0.229. The van der Waals surface area contributed by atoms with Crippen LogP contribution in [-0.2, 0) is 0 Å². The van der Waals surface area contributed by atoms with Gasteiger partial charge < -0.3 is 5.32 Å². The predicted molar refractivity (Wildman–Crippen MR) is 70.9 cm³/mol. The van der Waals surface area contributed by atoms with E-state index >= 15 is 0 Å². The molecule has 0 heterocycles. The zero-order chi connectivity index (χ0) is 14.3. The molecule has 108 valence electrons. The molecule has 1 aromatic rings. The number of halogens is 2. The number of non-ortho nitro benzene ring substituents is 1. The Labute approximate surface area is 115 Å². The van der Waals surface area contributed by atoms with E-state index in [1.807, 2.05) is 0 Å².